The van der Waals surface area contributed by atoms with Crippen LogP contribution in [-0.4, -0.2) is 17.0 Å². The molecule has 0 unspecified atom stereocenters. The number of hydrogen-bond acceptors (Lipinski definition) is 3. The quantitative estimate of drug-likeness (QED) is 0.322. The largest absolute Gasteiger partial charge is 0.618 e. The first kappa shape index (κ1) is 24.6. The van der Waals surface area contributed by atoms with Crippen LogP contribution in [0.15, 0.2) is 48.5 Å². The van der Waals surface area contributed by atoms with Crippen LogP contribution in [0.5, 0.6) is 0 Å². The van der Waals surface area contributed by atoms with Gasteiger partial charge in [0.05, 0.1) is 23.7 Å². The lowest BCUT2D eigenvalue weighted by Gasteiger charge is -2.23. The van der Waals surface area contributed by atoms with Gasteiger partial charge in [0.1, 0.15) is 6.10 Å². The first-order valence-electron chi connectivity index (χ1n) is 11.3. The molecule has 2 heterocycles. The molecule has 0 aliphatic carbocycles. The second-order valence-corrected chi connectivity index (χ2v) is 9.26. The van der Waals surface area contributed by atoms with E-state index in [1.54, 1.807) is 32.9 Å². The molecule has 0 bridgehead atoms. The Kier molecular flexibility index (Phi) is 6.25. The lowest BCUT2D eigenvalue weighted by molar-refractivity contribution is -0.601. The highest BCUT2D eigenvalue weighted by atomic mass is 19.4. The van der Waals surface area contributed by atoms with Crippen molar-refractivity contribution in [1.29, 1.82) is 0 Å². The van der Waals surface area contributed by atoms with E-state index in [1.807, 2.05) is 38.1 Å². The Morgan fingerprint density at radius 2 is 1.71 bits per heavy atom. The van der Waals surface area contributed by atoms with Gasteiger partial charge in [0.15, 0.2) is 5.69 Å². The van der Waals surface area contributed by atoms with Crippen LogP contribution >= 0.6 is 0 Å². The fourth-order valence-corrected chi connectivity index (χ4v) is 4.62. The van der Waals surface area contributed by atoms with E-state index >= 15 is 0 Å². The topological polar surface area (TPSA) is 56.5 Å². The number of hydrogen-bond donors (Lipinski definition) is 0. The van der Waals surface area contributed by atoms with Gasteiger partial charge in [-0.3, -0.25) is 4.90 Å². The predicted molar refractivity (Wildman–Crippen MR) is 125 cm³/mol. The summed E-state index contributed by atoms with van der Waals surface area (Å²) in [5.74, 6) is 0. The molecule has 4 rings (SSSR count). The van der Waals surface area contributed by atoms with Gasteiger partial charge < -0.3 is 9.94 Å². The number of rotatable bonds is 4. The minimum atomic E-state index is -4.50. The Bertz CT molecular complexity index is 1300. The number of amides is 1. The summed E-state index contributed by atoms with van der Waals surface area (Å²) in [6, 6.07) is 12.5. The van der Waals surface area contributed by atoms with Gasteiger partial charge in [-0.2, -0.15) is 17.9 Å². The Morgan fingerprint density at radius 3 is 2.40 bits per heavy atom. The van der Waals surface area contributed by atoms with E-state index in [0.717, 1.165) is 33.6 Å². The van der Waals surface area contributed by atoms with Crippen molar-refractivity contribution in [1.82, 2.24) is 4.90 Å². The SMILES string of the molecule is Cc1cc([C@H]2OC(=O)N(Cc3cc(C)ccc3-c3c(C)ccc(C)[n+]3[O-])[C@H]2C)cc(C(F)(F)F)c1. The van der Waals surface area contributed by atoms with Gasteiger partial charge in [-0.1, -0.05) is 29.3 Å². The highest BCUT2D eigenvalue weighted by molar-refractivity contribution is 5.72. The summed E-state index contributed by atoms with van der Waals surface area (Å²) in [7, 11) is 0. The number of aromatic nitrogens is 1. The molecular weight excluding hydrogens is 457 g/mol. The summed E-state index contributed by atoms with van der Waals surface area (Å²) in [4.78, 5) is 14.4. The van der Waals surface area contributed by atoms with Crippen LogP contribution in [0.3, 0.4) is 0 Å². The lowest BCUT2D eigenvalue weighted by atomic mass is 9.96. The first-order chi connectivity index (χ1) is 16.4. The molecule has 2 aromatic carbocycles. The maximum atomic E-state index is 13.4. The number of carbonyl (C=O) groups is 1. The van der Waals surface area contributed by atoms with E-state index in [9.17, 15) is 23.2 Å². The van der Waals surface area contributed by atoms with Gasteiger partial charge in [0.25, 0.3) is 0 Å². The molecule has 0 saturated carbocycles. The minimum absolute atomic E-state index is 0.152. The molecule has 1 aliphatic heterocycles. The molecule has 1 fully saturated rings. The number of cyclic esters (lactones) is 1. The number of carbonyl (C=O) groups excluding carboxylic acids is 1. The number of benzene rings is 2. The van der Waals surface area contributed by atoms with Crippen LogP contribution in [0.4, 0.5) is 18.0 Å². The second-order valence-electron chi connectivity index (χ2n) is 9.26. The fraction of sp³-hybridized carbons (Fsp3) is 0.333. The second kappa shape index (κ2) is 8.91. The van der Waals surface area contributed by atoms with Crippen LogP contribution in [0.1, 0.15) is 52.1 Å². The molecule has 1 saturated heterocycles. The molecule has 35 heavy (non-hydrogen) atoms. The maximum Gasteiger partial charge on any atom is 0.416 e. The van der Waals surface area contributed by atoms with Crippen LogP contribution < -0.4 is 4.73 Å². The molecule has 5 nitrogen and oxygen atoms in total. The third-order valence-electron chi connectivity index (χ3n) is 6.48. The summed E-state index contributed by atoms with van der Waals surface area (Å²) < 4.78 is 46.5. The third kappa shape index (κ3) is 4.70. The van der Waals surface area contributed by atoms with Crippen LogP contribution in [0.25, 0.3) is 11.3 Å². The zero-order valence-corrected chi connectivity index (χ0v) is 20.2. The molecule has 0 spiro atoms. The highest BCUT2D eigenvalue weighted by Gasteiger charge is 2.41. The summed E-state index contributed by atoms with van der Waals surface area (Å²) in [5, 5.41) is 12.9. The standard InChI is InChI=1S/C27H27F3N2O3/c1-15-6-9-23(24-17(3)7-8-18(4)32(24)34)21(10-15)14-31-19(5)25(35-26(31)33)20-11-16(2)12-22(13-20)27(28,29)30/h6-13,19,25H,14H2,1-5H3/t19-,25-/m0/s1. The smallest absolute Gasteiger partial charge is 0.416 e. The van der Waals surface area contributed by atoms with Crippen molar-refractivity contribution in [2.24, 2.45) is 0 Å². The Morgan fingerprint density at radius 1 is 1.00 bits per heavy atom. The van der Waals surface area contributed by atoms with Crippen LogP contribution in [-0.2, 0) is 17.5 Å². The van der Waals surface area contributed by atoms with Crippen molar-refractivity contribution in [3.05, 3.63) is 92.8 Å². The number of aryl methyl sites for hydroxylation is 4. The Balaban J connectivity index is 1.71. The summed E-state index contributed by atoms with van der Waals surface area (Å²) in [5.41, 5.74) is 4.23. The molecule has 1 aliphatic rings. The molecule has 1 aromatic heterocycles. The van der Waals surface area contributed by atoms with Gasteiger partial charge in [-0.15, -0.1) is 0 Å². The Hall–Kier alpha value is -3.55. The van der Waals surface area contributed by atoms with Gasteiger partial charge in [-0.05, 0) is 63.1 Å². The van der Waals surface area contributed by atoms with Gasteiger partial charge in [0.2, 0.25) is 5.69 Å². The van der Waals surface area contributed by atoms with Gasteiger partial charge in [-0.25, -0.2) is 4.79 Å². The number of ether oxygens (including phenoxy) is 1. The van der Waals surface area contributed by atoms with Crippen molar-refractivity contribution < 1.29 is 27.4 Å². The zero-order chi connectivity index (χ0) is 25.7. The van der Waals surface area contributed by atoms with Crippen LogP contribution in [0, 0.1) is 32.9 Å². The average molecular weight is 485 g/mol. The maximum absolute atomic E-state index is 13.4. The number of halogens is 3. The molecule has 0 radical (unpaired) electrons. The first-order valence-corrected chi connectivity index (χ1v) is 11.3. The van der Waals surface area contributed by atoms with E-state index in [0.29, 0.717) is 28.1 Å². The minimum Gasteiger partial charge on any atom is -0.618 e. The molecule has 184 valence electrons. The number of pyridine rings is 1. The highest BCUT2D eigenvalue weighted by Crippen LogP contribution is 2.38. The van der Waals surface area contributed by atoms with Crippen molar-refractivity contribution in [3.8, 4) is 11.3 Å². The van der Waals surface area contributed by atoms with E-state index in [4.69, 9.17) is 4.74 Å². The van der Waals surface area contributed by atoms with Gasteiger partial charge in [0, 0.05) is 18.6 Å². The molecular formula is C27H27F3N2O3. The van der Waals surface area contributed by atoms with E-state index in [-0.39, 0.29) is 6.54 Å². The summed E-state index contributed by atoms with van der Waals surface area (Å²) in [6.07, 6.45) is -5.95. The summed E-state index contributed by atoms with van der Waals surface area (Å²) in [6.45, 7) is 8.99. The normalized spacial score (nSPS) is 18.2. The monoisotopic (exact) mass is 484 g/mol. The molecule has 3 aromatic rings. The third-order valence-corrected chi connectivity index (χ3v) is 6.48. The molecule has 2 atom stereocenters. The molecule has 1 amide bonds. The average Bonchev–Trinajstić information content (AvgIpc) is 3.05. The van der Waals surface area contributed by atoms with Crippen molar-refractivity contribution >= 4 is 6.09 Å². The number of nitrogens with zero attached hydrogens (tertiary/aromatic N) is 2. The van der Waals surface area contributed by atoms with Crippen molar-refractivity contribution in [3.63, 3.8) is 0 Å². The number of alkyl halides is 3. The predicted octanol–water partition coefficient (Wildman–Crippen LogP) is 6.32. The van der Waals surface area contributed by atoms with Gasteiger partial charge >= 0.3 is 12.3 Å². The van der Waals surface area contributed by atoms with E-state index in [2.05, 4.69) is 0 Å². The molecule has 8 heteroatoms. The van der Waals surface area contributed by atoms with E-state index < -0.39 is 30.0 Å². The van der Waals surface area contributed by atoms with Crippen molar-refractivity contribution in [2.45, 2.75) is 59.5 Å². The fourth-order valence-electron chi connectivity index (χ4n) is 4.62. The van der Waals surface area contributed by atoms with Crippen LogP contribution in [0.2, 0.25) is 0 Å². The lowest BCUT2D eigenvalue weighted by Crippen LogP contribution is -2.35. The zero-order valence-electron chi connectivity index (χ0n) is 20.2. The Labute approximate surface area is 202 Å². The summed E-state index contributed by atoms with van der Waals surface area (Å²) >= 11 is 0. The van der Waals surface area contributed by atoms with Crippen molar-refractivity contribution in [2.75, 3.05) is 0 Å². The molecule has 0 N–H and O–H groups in total. The van der Waals surface area contributed by atoms with E-state index in [1.165, 1.54) is 4.90 Å².